The average molecular weight is 236 g/mol. The number of hydrogen-bond acceptors (Lipinski definition) is 4. The Balaban J connectivity index is 2.50. The van der Waals surface area contributed by atoms with Gasteiger partial charge in [-0.15, -0.1) is 0 Å². The lowest BCUT2D eigenvalue weighted by atomic mass is 9.94. The van der Waals surface area contributed by atoms with Gasteiger partial charge in [0.2, 0.25) is 0 Å². The molecule has 0 amide bonds. The van der Waals surface area contributed by atoms with Crippen LogP contribution in [-0.2, 0) is 9.53 Å². The Bertz CT molecular complexity index is 314. The Morgan fingerprint density at radius 3 is 2.71 bits per heavy atom. The normalized spacial score (nSPS) is 18.1. The minimum atomic E-state index is -0.628. The maximum Gasteiger partial charge on any atom is 0.336 e. The van der Waals surface area contributed by atoms with E-state index in [-0.39, 0.29) is 5.57 Å². The molecule has 1 aliphatic rings. The predicted molar refractivity (Wildman–Crippen MR) is 65.2 cm³/mol. The first kappa shape index (κ1) is 13.7. The lowest BCUT2D eigenvalue weighted by Crippen LogP contribution is -2.41. The summed E-state index contributed by atoms with van der Waals surface area (Å²) in [5, 5.41) is 12.2. The van der Waals surface area contributed by atoms with Crippen molar-refractivity contribution in [2.45, 2.75) is 51.1 Å². The molecule has 1 aliphatic carbocycles. The Labute approximate surface area is 103 Å². The van der Waals surface area contributed by atoms with E-state index in [1.54, 1.807) is 6.92 Å². The highest BCUT2D eigenvalue weighted by Gasteiger charge is 2.23. The van der Waals surface area contributed by atoms with Crippen LogP contribution in [0.4, 0.5) is 0 Å². The first-order valence-electron chi connectivity index (χ1n) is 6.20. The van der Waals surface area contributed by atoms with Crippen LogP contribution in [0.25, 0.3) is 0 Å². The van der Waals surface area contributed by atoms with Crippen LogP contribution in [0.3, 0.4) is 0 Å². The molecule has 0 aromatic heterocycles. The van der Waals surface area contributed by atoms with Crippen molar-refractivity contribution in [2.75, 3.05) is 6.61 Å². The first-order valence-corrected chi connectivity index (χ1v) is 6.20. The second kappa shape index (κ2) is 7.08. The lowest BCUT2D eigenvalue weighted by Gasteiger charge is -2.25. The molecule has 0 aromatic carbocycles. The van der Waals surface area contributed by atoms with Gasteiger partial charge >= 0.3 is 5.97 Å². The third kappa shape index (κ3) is 4.20. The van der Waals surface area contributed by atoms with E-state index in [4.69, 9.17) is 10.00 Å². The van der Waals surface area contributed by atoms with Gasteiger partial charge in [0.1, 0.15) is 6.04 Å². The lowest BCUT2D eigenvalue weighted by molar-refractivity contribution is -0.138. The van der Waals surface area contributed by atoms with Crippen LogP contribution < -0.4 is 5.32 Å². The number of nitrogens with one attached hydrogen (secondary N) is 1. The molecule has 17 heavy (non-hydrogen) atoms. The Hall–Kier alpha value is -1.34. The largest absolute Gasteiger partial charge is 0.463 e. The SMILES string of the molecule is C=C(C(=O)OCC)C(C#N)NC1CCCCC1. The summed E-state index contributed by atoms with van der Waals surface area (Å²) in [6.07, 6.45) is 5.75. The number of hydrogen-bond donors (Lipinski definition) is 1. The highest BCUT2D eigenvalue weighted by molar-refractivity contribution is 5.89. The summed E-state index contributed by atoms with van der Waals surface area (Å²) in [6, 6.07) is 1.77. The predicted octanol–water partition coefficient (Wildman–Crippen LogP) is 1.92. The van der Waals surface area contributed by atoms with Gasteiger partial charge < -0.3 is 4.74 Å². The van der Waals surface area contributed by atoms with Gasteiger partial charge in [-0.25, -0.2) is 4.79 Å². The van der Waals surface area contributed by atoms with Crippen LogP contribution in [0.15, 0.2) is 12.2 Å². The maximum absolute atomic E-state index is 11.5. The Kier molecular flexibility index (Phi) is 5.71. The van der Waals surface area contributed by atoms with E-state index in [9.17, 15) is 4.79 Å². The van der Waals surface area contributed by atoms with Gasteiger partial charge in [0, 0.05) is 6.04 Å². The summed E-state index contributed by atoms with van der Waals surface area (Å²) in [6.45, 7) is 5.69. The maximum atomic E-state index is 11.5. The van der Waals surface area contributed by atoms with Crippen LogP contribution in [0, 0.1) is 11.3 Å². The summed E-state index contributed by atoms with van der Waals surface area (Å²) in [7, 11) is 0. The van der Waals surface area contributed by atoms with Crippen molar-refractivity contribution in [2.24, 2.45) is 0 Å². The highest BCUT2D eigenvalue weighted by atomic mass is 16.5. The number of ether oxygens (including phenoxy) is 1. The molecule has 4 nitrogen and oxygen atoms in total. The van der Waals surface area contributed by atoms with Gasteiger partial charge in [-0.05, 0) is 19.8 Å². The molecule has 0 heterocycles. The quantitative estimate of drug-likeness (QED) is 0.585. The van der Waals surface area contributed by atoms with Crippen LogP contribution >= 0.6 is 0 Å². The summed E-state index contributed by atoms with van der Waals surface area (Å²) < 4.78 is 4.85. The second-order valence-corrected chi connectivity index (χ2v) is 4.31. The van der Waals surface area contributed by atoms with Gasteiger partial charge in [-0.1, -0.05) is 25.8 Å². The van der Waals surface area contributed by atoms with Gasteiger partial charge in [0.25, 0.3) is 0 Å². The van der Waals surface area contributed by atoms with E-state index < -0.39 is 12.0 Å². The average Bonchev–Trinajstić information content (AvgIpc) is 2.36. The van der Waals surface area contributed by atoms with Crippen LogP contribution in [0.1, 0.15) is 39.0 Å². The van der Waals surface area contributed by atoms with Crippen molar-refractivity contribution >= 4 is 5.97 Å². The van der Waals surface area contributed by atoms with Crippen molar-refractivity contribution in [3.05, 3.63) is 12.2 Å². The zero-order chi connectivity index (χ0) is 12.7. The molecule has 1 saturated carbocycles. The molecule has 1 fully saturated rings. The van der Waals surface area contributed by atoms with Crippen LogP contribution in [0.5, 0.6) is 0 Å². The smallest absolute Gasteiger partial charge is 0.336 e. The molecular formula is C13H20N2O2. The van der Waals surface area contributed by atoms with Crippen molar-refractivity contribution in [1.82, 2.24) is 5.32 Å². The summed E-state index contributed by atoms with van der Waals surface area (Å²) in [5.74, 6) is -0.484. The fraction of sp³-hybridized carbons (Fsp3) is 0.692. The molecule has 0 bridgehead atoms. The van der Waals surface area contributed by atoms with E-state index in [1.165, 1.54) is 19.3 Å². The zero-order valence-corrected chi connectivity index (χ0v) is 10.4. The number of rotatable bonds is 5. The number of nitrogens with zero attached hydrogens (tertiary/aromatic N) is 1. The Morgan fingerprint density at radius 2 is 2.18 bits per heavy atom. The molecule has 4 heteroatoms. The van der Waals surface area contributed by atoms with E-state index in [0.717, 1.165) is 12.8 Å². The summed E-state index contributed by atoms with van der Waals surface area (Å²) in [4.78, 5) is 11.5. The number of esters is 1. The molecular weight excluding hydrogens is 216 g/mol. The minimum absolute atomic E-state index is 0.208. The molecule has 0 saturated heterocycles. The molecule has 0 radical (unpaired) electrons. The van der Waals surface area contributed by atoms with Crippen molar-refractivity contribution in [1.29, 1.82) is 5.26 Å². The molecule has 1 unspecified atom stereocenters. The van der Waals surface area contributed by atoms with E-state index in [2.05, 4.69) is 18.0 Å². The molecule has 0 spiro atoms. The monoisotopic (exact) mass is 236 g/mol. The highest BCUT2D eigenvalue weighted by Crippen LogP contribution is 2.18. The standard InChI is InChI=1S/C13H20N2O2/c1-3-17-13(16)10(2)12(9-14)15-11-7-5-4-6-8-11/h11-12,15H,2-8H2,1H3. The van der Waals surface area contributed by atoms with Crippen molar-refractivity contribution < 1.29 is 9.53 Å². The van der Waals surface area contributed by atoms with Gasteiger partial charge in [-0.3, -0.25) is 5.32 Å². The van der Waals surface area contributed by atoms with E-state index in [0.29, 0.717) is 12.6 Å². The van der Waals surface area contributed by atoms with Crippen LogP contribution in [-0.4, -0.2) is 24.7 Å². The van der Waals surface area contributed by atoms with E-state index in [1.807, 2.05) is 0 Å². The molecule has 1 rings (SSSR count). The summed E-state index contributed by atoms with van der Waals surface area (Å²) in [5.41, 5.74) is 0.208. The third-order valence-corrected chi connectivity index (χ3v) is 3.02. The molecule has 94 valence electrons. The number of nitriles is 1. The van der Waals surface area contributed by atoms with Crippen molar-refractivity contribution in [3.8, 4) is 6.07 Å². The molecule has 1 atom stereocenters. The second-order valence-electron chi connectivity index (χ2n) is 4.31. The first-order chi connectivity index (χ1) is 8.19. The third-order valence-electron chi connectivity index (χ3n) is 3.02. The van der Waals surface area contributed by atoms with Gasteiger partial charge in [-0.2, -0.15) is 5.26 Å². The minimum Gasteiger partial charge on any atom is -0.463 e. The fourth-order valence-corrected chi connectivity index (χ4v) is 2.06. The summed E-state index contributed by atoms with van der Waals surface area (Å²) >= 11 is 0. The van der Waals surface area contributed by atoms with Gasteiger partial charge in [0.05, 0.1) is 18.2 Å². The number of carbonyl (C=O) groups is 1. The fourth-order valence-electron chi connectivity index (χ4n) is 2.06. The Morgan fingerprint density at radius 1 is 1.53 bits per heavy atom. The molecule has 0 aromatic rings. The van der Waals surface area contributed by atoms with E-state index >= 15 is 0 Å². The molecule has 1 N–H and O–H groups in total. The van der Waals surface area contributed by atoms with Gasteiger partial charge in [0.15, 0.2) is 0 Å². The zero-order valence-electron chi connectivity index (χ0n) is 10.4. The molecule has 0 aliphatic heterocycles. The van der Waals surface area contributed by atoms with Crippen molar-refractivity contribution in [3.63, 3.8) is 0 Å². The number of carbonyl (C=O) groups excluding carboxylic acids is 1. The topological polar surface area (TPSA) is 62.1 Å². The van der Waals surface area contributed by atoms with Crippen LogP contribution in [0.2, 0.25) is 0 Å².